The van der Waals surface area contributed by atoms with Crippen molar-refractivity contribution >= 4 is 16.0 Å². The number of hydrogen-bond donors (Lipinski definition) is 1. The summed E-state index contributed by atoms with van der Waals surface area (Å²) in [7, 11) is -2.85. The first-order valence-electron chi connectivity index (χ1n) is 6.94. The zero-order chi connectivity index (χ0) is 16.5. The van der Waals surface area contributed by atoms with E-state index in [9.17, 15) is 13.2 Å². The van der Waals surface area contributed by atoms with E-state index in [-0.39, 0.29) is 12.2 Å². The van der Waals surface area contributed by atoms with Gasteiger partial charge >= 0.3 is 5.97 Å². The molecule has 7 heteroatoms. The van der Waals surface area contributed by atoms with Crippen LogP contribution in [0.3, 0.4) is 0 Å². The van der Waals surface area contributed by atoms with Crippen molar-refractivity contribution in [3.05, 3.63) is 46.5 Å². The molecule has 6 nitrogen and oxygen atoms in total. The molecule has 1 atom stereocenters. The van der Waals surface area contributed by atoms with Crippen LogP contribution >= 0.6 is 0 Å². The van der Waals surface area contributed by atoms with Crippen molar-refractivity contribution in [3.8, 4) is 0 Å². The minimum Gasteiger partial charge on any atom is -0.465 e. The van der Waals surface area contributed by atoms with Crippen molar-refractivity contribution in [2.24, 2.45) is 5.73 Å². The number of rotatable bonds is 4. The molecule has 2 rings (SSSR count). The fourth-order valence-corrected chi connectivity index (χ4v) is 4.67. The molecule has 1 aromatic rings. The standard InChI is InChI=1S/C15H20N2O4S/c1-4-15(2)13(16)12(14(18)21-3)22(19,20)17(15)10-11-8-6-5-7-9-11/h5-9H,4,10,16H2,1-3H3. The highest BCUT2D eigenvalue weighted by atomic mass is 32.2. The molecule has 0 bridgehead atoms. The van der Waals surface area contributed by atoms with Crippen LogP contribution in [0.1, 0.15) is 25.8 Å². The van der Waals surface area contributed by atoms with Crippen LogP contribution in [0.4, 0.5) is 0 Å². The lowest BCUT2D eigenvalue weighted by molar-refractivity contribution is -0.135. The monoisotopic (exact) mass is 324 g/mol. The van der Waals surface area contributed by atoms with E-state index >= 15 is 0 Å². The van der Waals surface area contributed by atoms with Gasteiger partial charge in [-0.3, -0.25) is 0 Å². The third-order valence-corrected chi connectivity index (χ3v) is 6.17. The molecule has 1 aliphatic heterocycles. The molecule has 0 radical (unpaired) electrons. The fraction of sp³-hybridized carbons (Fsp3) is 0.400. The lowest BCUT2D eigenvalue weighted by Gasteiger charge is -2.33. The number of hydrogen-bond acceptors (Lipinski definition) is 5. The van der Waals surface area contributed by atoms with Gasteiger partial charge in [0, 0.05) is 6.54 Å². The van der Waals surface area contributed by atoms with E-state index in [0.29, 0.717) is 6.42 Å². The molecule has 1 unspecified atom stereocenters. The normalized spacial score (nSPS) is 24.5. The number of methoxy groups -OCH3 is 1. The highest BCUT2D eigenvalue weighted by Gasteiger charge is 2.53. The summed E-state index contributed by atoms with van der Waals surface area (Å²) in [6.45, 7) is 3.70. The van der Waals surface area contributed by atoms with E-state index in [2.05, 4.69) is 4.74 Å². The number of carbonyl (C=O) groups excluding carboxylic acids is 1. The van der Waals surface area contributed by atoms with E-state index < -0.39 is 26.4 Å². The van der Waals surface area contributed by atoms with Crippen LogP contribution < -0.4 is 5.73 Å². The predicted octanol–water partition coefficient (Wildman–Crippen LogP) is 1.34. The summed E-state index contributed by atoms with van der Waals surface area (Å²) < 4.78 is 31.4. The van der Waals surface area contributed by atoms with Crippen molar-refractivity contribution in [3.63, 3.8) is 0 Å². The van der Waals surface area contributed by atoms with Gasteiger partial charge in [-0.1, -0.05) is 37.3 Å². The maximum absolute atomic E-state index is 12.8. The van der Waals surface area contributed by atoms with Crippen molar-refractivity contribution in [1.29, 1.82) is 0 Å². The largest absolute Gasteiger partial charge is 0.465 e. The van der Waals surface area contributed by atoms with Gasteiger partial charge in [-0.05, 0) is 18.9 Å². The molecule has 0 spiro atoms. The lowest BCUT2D eigenvalue weighted by atomic mass is 9.94. The highest BCUT2D eigenvalue weighted by molar-refractivity contribution is 7.94. The molecular weight excluding hydrogens is 304 g/mol. The molecule has 1 aliphatic rings. The van der Waals surface area contributed by atoms with Gasteiger partial charge in [0.2, 0.25) is 0 Å². The molecule has 0 aromatic heterocycles. The van der Waals surface area contributed by atoms with Crippen molar-refractivity contribution in [1.82, 2.24) is 4.31 Å². The third kappa shape index (κ3) is 2.40. The van der Waals surface area contributed by atoms with E-state index in [1.807, 2.05) is 37.3 Å². The molecule has 0 saturated heterocycles. The van der Waals surface area contributed by atoms with E-state index in [0.717, 1.165) is 12.7 Å². The topological polar surface area (TPSA) is 89.7 Å². The summed E-state index contributed by atoms with van der Waals surface area (Å²) in [5.41, 5.74) is 5.94. The predicted molar refractivity (Wildman–Crippen MR) is 82.8 cm³/mol. The average Bonchev–Trinajstić information content (AvgIpc) is 2.65. The van der Waals surface area contributed by atoms with Crippen LogP contribution in [0.5, 0.6) is 0 Å². The first kappa shape index (κ1) is 16.5. The third-order valence-electron chi connectivity index (χ3n) is 4.15. The Labute approximate surface area is 130 Å². The first-order valence-corrected chi connectivity index (χ1v) is 8.38. The molecule has 0 amide bonds. The van der Waals surface area contributed by atoms with Gasteiger partial charge in [-0.25, -0.2) is 13.2 Å². The Morgan fingerprint density at radius 1 is 1.32 bits per heavy atom. The first-order chi connectivity index (χ1) is 10.3. The van der Waals surface area contributed by atoms with Gasteiger partial charge in [-0.2, -0.15) is 4.31 Å². The number of benzene rings is 1. The molecule has 1 aromatic carbocycles. The van der Waals surface area contributed by atoms with Crippen LogP contribution in [0.25, 0.3) is 0 Å². The molecule has 0 saturated carbocycles. The minimum absolute atomic E-state index is 0.0396. The Balaban J connectivity index is 2.54. The number of esters is 1. The molecule has 0 fully saturated rings. The SMILES string of the molecule is CCC1(C)C(N)=C(C(=O)OC)S(=O)(=O)N1Cc1ccccc1. The Kier molecular flexibility index (Phi) is 4.30. The fourth-order valence-electron chi connectivity index (χ4n) is 2.58. The summed E-state index contributed by atoms with van der Waals surface area (Å²) in [4.78, 5) is 11.4. The second kappa shape index (κ2) is 5.73. The smallest absolute Gasteiger partial charge is 0.352 e. The van der Waals surface area contributed by atoms with E-state index in [1.165, 1.54) is 4.31 Å². The summed E-state index contributed by atoms with van der Waals surface area (Å²) in [5.74, 6) is -0.923. The lowest BCUT2D eigenvalue weighted by Crippen LogP contribution is -2.46. The molecular formula is C15H20N2O4S. The molecule has 0 aliphatic carbocycles. The Morgan fingerprint density at radius 3 is 2.41 bits per heavy atom. The number of sulfonamides is 1. The molecule has 120 valence electrons. The Morgan fingerprint density at radius 2 is 1.91 bits per heavy atom. The number of nitrogens with zero attached hydrogens (tertiary/aromatic N) is 1. The number of ether oxygens (including phenoxy) is 1. The maximum Gasteiger partial charge on any atom is 0.352 e. The summed E-state index contributed by atoms with van der Waals surface area (Å²) in [5, 5.41) is 0. The van der Waals surface area contributed by atoms with Gasteiger partial charge in [-0.15, -0.1) is 0 Å². The van der Waals surface area contributed by atoms with Gasteiger partial charge in [0.25, 0.3) is 10.0 Å². The quantitative estimate of drug-likeness (QED) is 0.844. The summed E-state index contributed by atoms with van der Waals surface area (Å²) in [6.07, 6.45) is 0.450. The van der Waals surface area contributed by atoms with E-state index in [4.69, 9.17) is 5.73 Å². The minimum atomic E-state index is -3.99. The maximum atomic E-state index is 12.8. The molecule has 22 heavy (non-hydrogen) atoms. The summed E-state index contributed by atoms with van der Waals surface area (Å²) >= 11 is 0. The van der Waals surface area contributed by atoms with Gasteiger partial charge in [0.1, 0.15) is 0 Å². The van der Waals surface area contributed by atoms with Gasteiger partial charge in [0.15, 0.2) is 4.91 Å². The zero-order valence-corrected chi connectivity index (χ0v) is 13.7. The van der Waals surface area contributed by atoms with Gasteiger partial charge in [0.05, 0.1) is 18.3 Å². The number of nitrogens with two attached hydrogens (primary N) is 1. The van der Waals surface area contributed by atoms with Crippen LogP contribution in [-0.4, -0.2) is 31.3 Å². The zero-order valence-electron chi connectivity index (χ0n) is 12.9. The second-order valence-corrected chi connectivity index (χ2v) is 7.16. The van der Waals surface area contributed by atoms with Gasteiger partial charge < -0.3 is 10.5 Å². The number of carbonyl (C=O) groups is 1. The Bertz CT molecular complexity index is 712. The highest BCUT2D eigenvalue weighted by Crippen LogP contribution is 2.41. The van der Waals surface area contributed by atoms with E-state index in [1.54, 1.807) is 6.92 Å². The van der Waals surface area contributed by atoms with Crippen molar-refractivity contribution in [2.45, 2.75) is 32.4 Å². The average molecular weight is 324 g/mol. The Hall–Kier alpha value is -1.86. The van der Waals surface area contributed by atoms with Crippen LogP contribution in [0.2, 0.25) is 0 Å². The molecule has 2 N–H and O–H groups in total. The molecule has 1 heterocycles. The van der Waals surface area contributed by atoms with Crippen molar-refractivity contribution in [2.75, 3.05) is 7.11 Å². The van der Waals surface area contributed by atoms with Crippen molar-refractivity contribution < 1.29 is 17.9 Å². The van der Waals surface area contributed by atoms with Crippen LogP contribution in [-0.2, 0) is 26.1 Å². The van der Waals surface area contributed by atoms with Crippen LogP contribution in [0.15, 0.2) is 40.9 Å². The second-order valence-electron chi connectivity index (χ2n) is 5.36. The summed E-state index contributed by atoms with van der Waals surface area (Å²) in [6, 6.07) is 9.18. The van der Waals surface area contributed by atoms with Crippen LogP contribution in [0, 0.1) is 0 Å².